The van der Waals surface area contributed by atoms with E-state index < -0.39 is 9.84 Å². The van der Waals surface area contributed by atoms with E-state index in [1.165, 1.54) is 6.26 Å². The van der Waals surface area contributed by atoms with E-state index in [1.54, 1.807) is 24.4 Å². The number of pyridine rings is 1. The highest BCUT2D eigenvalue weighted by Gasteiger charge is 2.34. The van der Waals surface area contributed by atoms with Crippen molar-refractivity contribution < 1.29 is 17.7 Å². The fourth-order valence-corrected chi connectivity index (χ4v) is 5.56. The number of benzene rings is 2. The molecule has 0 saturated carbocycles. The predicted octanol–water partition coefficient (Wildman–Crippen LogP) is 4.27. The summed E-state index contributed by atoms with van der Waals surface area (Å²) < 4.78 is 36.2. The third-order valence-corrected chi connectivity index (χ3v) is 7.59. The van der Waals surface area contributed by atoms with Crippen LogP contribution in [0.5, 0.6) is 5.75 Å². The second-order valence-corrected chi connectivity index (χ2v) is 10.9. The van der Waals surface area contributed by atoms with Crippen molar-refractivity contribution in [3.05, 3.63) is 70.2 Å². The summed E-state index contributed by atoms with van der Waals surface area (Å²) in [5, 5.41) is 9.05. The molecule has 4 heterocycles. The molecule has 2 aliphatic rings. The lowest BCUT2D eigenvalue weighted by Gasteiger charge is -2.15. The number of aromatic nitrogens is 2. The van der Waals surface area contributed by atoms with Crippen molar-refractivity contribution >= 4 is 32.3 Å². The van der Waals surface area contributed by atoms with Gasteiger partial charge < -0.3 is 14.6 Å². The van der Waals surface area contributed by atoms with Gasteiger partial charge in [-0.1, -0.05) is 22.8 Å². The molecule has 0 fully saturated rings. The molecule has 9 heteroatoms. The van der Waals surface area contributed by atoms with E-state index in [0.29, 0.717) is 17.0 Å². The van der Waals surface area contributed by atoms with E-state index in [2.05, 4.69) is 15.5 Å². The van der Waals surface area contributed by atoms with Crippen molar-refractivity contribution in [1.82, 2.24) is 15.5 Å². The zero-order valence-electron chi connectivity index (χ0n) is 17.8. The monoisotopic (exact) mass is 481 g/mol. The molecular formula is C24H20ClN3O4S. The van der Waals surface area contributed by atoms with Crippen LogP contribution in [0, 0.1) is 0 Å². The summed E-state index contributed by atoms with van der Waals surface area (Å²) in [5.74, 6) is 1.51. The van der Waals surface area contributed by atoms with Crippen LogP contribution in [0.3, 0.4) is 0 Å². The van der Waals surface area contributed by atoms with Crippen molar-refractivity contribution in [1.29, 1.82) is 0 Å². The molecule has 2 aromatic heterocycles. The highest BCUT2D eigenvalue weighted by atomic mass is 35.5. The van der Waals surface area contributed by atoms with E-state index in [0.717, 1.165) is 64.4 Å². The summed E-state index contributed by atoms with van der Waals surface area (Å²) in [6, 6.07) is 10.7. The standard InChI is InChI=1S/C24H20ClN3O4S/c1-33(29,30)15-2-3-17-16(4-7-27-21(17)11-15)18-10-14(25)8-13-9-22(31-23(13)18)24-19-12-26-6-5-20(19)28-32-24/h2-4,7-8,10-11,22,26H,5-6,9,12H2,1H3. The summed E-state index contributed by atoms with van der Waals surface area (Å²) in [7, 11) is -3.34. The third kappa shape index (κ3) is 3.49. The maximum atomic E-state index is 12.0. The number of fused-ring (bicyclic) bond motifs is 3. The molecule has 2 aliphatic heterocycles. The Morgan fingerprint density at radius 1 is 1.15 bits per heavy atom. The molecule has 0 bridgehead atoms. The van der Waals surface area contributed by atoms with Gasteiger partial charge >= 0.3 is 0 Å². The Morgan fingerprint density at radius 3 is 2.88 bits per heavy atom. The normalized spacial score (nSPS) is 17.6. The second kappa shape index (κ2) is 7.55. The number of hydrogen-bond acceptors (Lipinski definition) is 7. The van der Waals surface area contributed by atoms with Crippen molar-refractivity contribution in [2.24, 2.45) is 0 Å². The number of halogens is 1. The van der Waals surface area contributed by atoms with Crippen LogP contribution in [0.2, 0.25) is 5.02 Å². The molecule has 0 saturated heterocycles. The number of ether oxygens (including phenoxy) is 1. The first kappa shape index (κ1) is 20.7. The smallest absolute Gasteiger partial charge is 0.182 e. The Bertz CT molecular complexity index is 1530. The van der Waals surface area contributed by atoms with Crippen LogP contribution in [0.4, 0.5) is 0 Å². The first-order chi connectivity index (χ1) is 15.9. The van der Waals surface area contributed by atoms with Crippen molar-refractivity contribution in [2.75, 3.05) is 12.8 Å². The molecule has 168 valence electrons. The molecule has 1 atom stereocenters. The number of sulfone groups is 1. The van der Waals surface area contributed by atoms with Gasteiger partial charge in [-0.3, -0.25) is 4.98 Å². The SMILES string of the molecule is CS(=O)(=O)c1ccc2c(-c3cc(Cl)cc4c3OC(c3onc5c3CNCC5)C4)ccnc2c1. The number of nitrogens with one attached hydrogen (secondary N) is 1. The van der Waals surface area contributed by atoms with Gasteiger partial charge in [0.15, 0.2) is 21.7 Å². The average molecular weight is 482 g/mol. The minimum absolute atomic E-state index is 0.232. The molecular weight excluding hydrogens is 462 g/mol. The molecule has 33 heavy (non-hydrogen) atoms. The van der Waals surface area contributed by atoms with Gasteiger partial charge in [-0.15, -0.1) is 0 Å². The summed E-state index contributed by atoms with van der Waals surface area (Å²) >= 11 is 6.51. The van der Waals surface area contributed by atoms with Gasteiger partial charge in [-0.25, -0.2) is 8.42 Å². The lowest BCUT2D eigenvalue weighted by molar-refractivity contribution is 0.189. The van der Waals surface area contributed by atoms with Gasteiger partial charge in [0.25, 0.3) is 0 Å². The van der Waals surface area contributed by atoms with Gasteiger partial charge in [0.1, 0.15) is 5.75 Å². The molecule has 0 amide bonds. The number of hydrogen-bond donors (Lipinski definition) is 1. The Balaban J connectivity index is 1.46. The number of rotatable bonds is 3. The molecule has 0 radical (unpaired) electrons. The van der Waals surface area contributed by atoms with Crippen LogP contribution >= 0.6 is 11.6 Å². The lowest BCUT2D eigenvalue weighted by Crippen LogP contribution is -2.24. The fourth-order valence-electron chi connectivity index (χ4n) is 4.68. The molecule has 7 nitrogen and oxygen atoms in total. The highest BCUT2D eigenvalue weighted by molar-refractivity contribution is 7.90. The molecule has 1 N–H and O–H groups in total. The summed E-state index contributed by atoms with van der Waals surface area (Å²) in [6.07, 6.45) is 4.05. The zero-order chi connectivity index (χ0) is 22.7. The molecule has 4 aromatic rings. The molecule has 0 aliphatic carbocycles. The zero-order valence-corrected chi connectivity index (χ0v) is 19.3. The third-order valence-electron chi connectivity index (χ3n) is 6.26. The molecule has 1 unspecified atom stereocenters. The van der Waals surface area contributed by atoms with Gasteiger partial charge in [-0.2, -0.15) is 0 Å². The Hall–Kier alpha value is -2.94. The van der Waals surface area contributed by atoms with Crippen LogP contribution < -0.4 is 10.1 Å². The van der Waals surface area contributed by atoms with Crippen molar-refractivity contribution in [2.45, 2.75) is 30.4 Å². The van der Waals surface area contributed by atoms with Crippen molar-refractivity contribution in [3.63, 3.8) is 0 Å². The first-order valence-corrected chi connectivity index (χ1v) is 12.9. The Labute approximate surface area is 195 Å². The van der Waals surface area contributed by atoms with Crippen LogP contribution in [0.1, 0.15) is 28.7 Å². The summed E-state index contributed by atoms with van der Waals surface area (Å²) in [6.45, 7) is 1.61. The van der Waals surface area contributed by atoms with E-state index in [9.17, 15) is 8.42 Å². The summed E-state index contributed by atoms with van der Waals surface area (Å²) in [5.41, 5.74) is 5.37. The molecule has 6 rings (SSSR count). The fraction of sp³-hybridized carbons (Fsp3) is 0.250. The van der Waals surface area contributed by atoms with Crippen LogP contribution in [-0.2, 0) is 29.2 Å². The summed E-state index contributed by atoms with van der Waals surface area (Å²) in [4.78, 5) is 4.63. The second-order valence-electron chi connectivity index (χ2n) is 8.46. The van der Waals surface area contributed by atoms with E-state index in [-0.39, 0.29) is 11.0 Å². The van der Waals surface area contributed by atoms with Gasteiger partial charge in [0, 0.05) is 65.5 Å². The molecule has 2 aromatic carbocycles. The van der Waals surface area contributed by atoms with Crippen LogP contribution in [0.25, 0.3) is 22.0 Å². The van der Waals surface area contributed by atoms with Gasteiger partial charge in [0.2, 0.25) is 0 Å². The van der Waals surface area contributed by atoms with Gasteiger partial charge in [-0.05, 0) is 35.9 Å². The Morgan fingerprint density at radius 2 is 2.03 bits per heavy atom. The maximum Gasteiger partial charge on any atom is 0.182 e. The van der Waals surface area contributed by atoms with Gasteiger partial charge in [0.05, 0.1) is 16.1 Å². The predicted molar refractivity (Wildman–Crippen MR) is 124 cm³/mol. The Kier molecular flexibility index (Phi) is 4.72. The maximum absolute atomic E-state index is 12.0. The quantitative estimate of drug-likeness (QED) is 0.467. The van der Waals surface area contributed by atoms with Crippen LogP contribution in [-0.4, -0.2) is 31.4 Å². The number of nitrogens with zero attached hydrogens (tertiary/aromatic N) is 2. The lowest BCUT2D eigenvalue weighted by atomic mass is 9.97. The van der Waals surface area contributed by atoms with Crippen molar-refractivity contribution in [3.8, 4) is 16.9 Å². The first-order valence-electron chi connectivity index (χ1n) is 10.6. The average Bonchev–Trinajstić information content (AvgIpc) is 3.41. The largest absolute Gasteiger partial charge is 0.481 e. The van der Waals surface area contributed by atoms with E-state index in [4.69, 9.17) is 20.9 Å². The molecule has 0 spiro atoms. The minimum atomic E-state index is -3.34. The van der Waals surface area contributed by atoms with E-state index in [1.807, 2.05) is 18.2 Å². The minimum Gasteiger partial charge on any atom is -0.481 e. The van der Waals surface area contributed by atoms with E-state index >= 15 is 0 Å². The van der Waals surface area contributed by atoms with Crippen LogP contribution in [0.15, 0.2) is 52.0 Å². The highest BCUT2D eigenvalue weighted by Crippen LogP contribution is 2.47. The topological polar surface area (TPSA) is 94.3 Å².